The van der Waals surface area contributed by atoms with Crippen LogP contribution in [0.1, 0.15) is 43.1 Å². The maximum atomic E-state index is 13.3. The van der Waals surface area contributed by atoms with Crippen LogP contribution in [0.25, 0.3) is 10.9 Å². The largest absolute Gasteiger partial charge is 0.310 e. The molecule has 0 amide bonds. The third kappa shape index (κ3) is 2.64. The number of nitrogens with zero attached hydrogens (tertiary/aromatic N) is 2. The summed E-state index contributed by atoms with van der Waals surface area (Å²) in [6.45, 7) is 1.67. The van der Waals surface area contributed by atoms with Crippen molar-refractivity contribution in [1.82, 2.24) is 15.0 Å². The van der Waals surface area contributed by atoms with Gasteiger partial charge in [0.05, 0.1) is 16.1 Å². The summed E-state index contributed by atoms with van der Waals surface area (Å²) in [6.07, 6.45) is 1.75. The Morgan fingerprint density at radius 2 is 2.05 bits per heavy atom. The molecule has 0 atom stereocenters. The summed E-state index contributed by atoms with van der Waals surface area (Å²) >= 11 is 6.03. The normalized spacial score (nSPS) is 19.0. The molecule has 1 saturated carbocycles. The fourth-order valence-electron chi connectivity index (χ4n) is 2.86. The van der Waals surface area contributed by atoms with Gasteiger partial charge in [-0.25, -0.2) is 13.8 Å². The van der Waals surface area contributed by atoms with Crippen LogP contribution in [0.3, 0.4) is 0 Å². The second-order valence-corrected chi connectivity index (χ2v) is 5.90. The molecule has 1 aliphatic carbocycles. The molecule has 0 saturated heterocycles. The van der Waals surface area contributed by atoms with Crippen LogP contribution >= 0.6 is 11.6 Å². The first-order valence-electron chi connectivity index (χ1n) is 6.80. The molecular formula is C14H14ClF2N3O. The Bertz CT molecular complexity index is 750. The van der Waals surface area contributed by atoms with E-state index in [1.165, 1.54) is 6.20 Å². The highest BCUT2D eigenvalue weighted by molar-refractivity contribution is 6.35. The van der Waals surface area contributed by atoms with Gasteiger partial charge < -0.3 is 4.98 Å². The Hall–Kier alpha value is -1.56. The second kappa shape index (κ2) is 5.02. The number of halogens is 3. The molecule has 112 valence electrons. The lowest BCUT2D eigenvalue weighted by molar-refractivity contribution is -0.0384. The quantitative estimate of drug-likeness (QED) is 0.875. The molecule has 21 heavy (non-hydrogen) atoms. The van der Waals surface area contributed by atoms with Crippen molar-refractivity contribution in [2.45, 2.75) is 44.4 Å². The molecule has 0 radical (unpaired) electrons. The van der Waals surface area contributed by atoms with E-state index in [1.54, 1.807) is 6.92 Å². The smallest absolute Gasteiger partial charge is 0.260 e. The van der Waals surface area contributed by atoms with E-state index in [0.29, 0.717) is 29.9 Å². The number of aromatic nitrogens is 3. The van der Waals surface area contributed by atoms with Gasteiger partial charge in [0.25, 0.3) is 5.56 Å². The second-order valence-electron chi connectivity index (χ2n) is 5.50. The number of nitrogens with one attached hydrogen (secondary N) is 1. The zero-order valence-electron chi connectivity index (χ0n) is 11.4. The predicted molar refractivity (Wildman–Crippen MR) is 76.1 cm³/mol. The maximum Gasteiger partial charge on any atom is 0.260 e. The number of aromatic amines is 1. The molecule has 0 bridgehead atoms. The van der Waals surface area contributed by atoms with Crippen molar-refractivity contribution in [3.63, 3.8) is 0 Å². The van der Waals surface area contributed by atoms with Gasteiger partial charge in [-0.15, -0.1) is 0 Å². The highest BCUT2D eigenvalue weighted by atomic mass is 35.5. The van der Waals surface area contributed by atoms with Crippen molar-refractivity contribution >= 4 is 22.5 Å². The standard InChI is InChI=1S/C14H14ClF2N3O/c1-7-19-12-10(13(21)20-7)9(15)6-18-11(12)8-2-4-14(16,17)5-3-8/h6,8H,2-5H2,1H3,(H,19,20,21). The van der Waals surface area contributed by atoms with Gasteiger partial charge in [-0.1, -0.05) is 11.6 Å². The van der Waals surface area contributed by atoms with E-state index in [2.05, 4.69) is 15.0 Å². The summed E-state index contributed by atoms with van der Waals surface area (Å²) in [4.78, 5) is 23.2. The molecule has 2 aromatic rings. The van der Waals surface area contributed by atoms with Gasteiger partial charge in [-0.05, 0) is 19.8 Å². The van der Waals surface area contributed by atoms with Crippen molar-refractivity contribution in [2.24, 2.45) is 0 Å². The van der Waals surface area contributed by atoms with Crippen molar-refractivity contribution in [1.29, 1.82) is 0 Å². The molecule has 0 aliphatic heterocycles. The summed E-state index contributed by atoms with van der Waals surface area (Å²) in [5.41, 5.74) is 0.699. The summed E-state index contributed by atoms with van der Waals surface area (Å²) in [7, 11) is 0. The number of rotatable bonds is 1. The molecule has 1 fully saturated rings. The number of H-pyrrole nitrogens is 1. The molecule has 0 unspecified atom stereocenters. The highest BCUT2D eigenvalue weighted by Gasteiger charge is 2.36. The van der Waals surface area contributed by atoms with E-state index in [1.807, 2.05) is 0 Å². The molecule has 3 rings (SSSR count). The molecule has 2 aromatic heterocycles. The number of aryl methyl sites for hydroxylation is 1. The molecule has 0 spiro atoms. The SMILES string of the molecule is Cc1nc2c(C3CCC(F)(F)CC3)ncc(Cl)c2c(=O)[nH]1. The van der Waals surface area contributed by atoms with E-state index >= 15 is 0 Å². The van der Waals surface area contributed by atoms with E-state index in [0.717, 1.165) is 0 Å². The van der Waals surface area contributed by atoms with Crippen molar-refractivity contribution in [3.8, 4) is 0 Å². The Morgan fingerprint density at radius 3 is 2.71 bits per heavy atom. The molecule has 2 heterocycles. The Morgan fingerprint density at radius 1 is 1.38 bits per heavy atom. The summed E-state index contributed by atoms with van der Waals surface area (Å²) < 4.78 is 26.6. The molecule has 4 nitrogen and oxygen atoms in total. The van der Waals surface area contributed by atoms with E-state index in [4.69, 9.17) is 11.6 Å². The maximum absolute atomic E-state index is 13.3. The van der Waals surface area contributed by atoms with Crippen LogP contribution in [-0.2, 0) is 0 Å². The zero-order valence-corrected chi connectivity index (χ0v) is 12.2. The third-order valence-electron chi connectivity index (χ3n) is 3.94. The monoisotopic (exact) mass is 313 g/mol. The molecule has 1 N–H and O–H groups in total. The van der Waals surface area contributed by atoms with E-state index in [-0.39, 0.29) is 34.7 Å². The van der Waals surface area contributed by atoms with Crippen LogP contribution in [-0.4, -0.2) is 20.9 Å². The molecule has 1 aliphatic rings. The molecular weight excluding hydrogens is 300 g/mol. The zero-order chi connectivity index (χ0) is 15.2. The first kappa shape index (κ1) is 14.4. The predicted octanol–water partition coefficient (Wildman–Crippen LogP) is 3.57. The minimum Gasteiger partial charge on any atom is -0.310 e. The lowest BCUT2D eigenvalue weighted by Gasteiger charge is -2.28. The van der Waals surface area contributed by atoms with E-state index < -0.39 is 5.92 Å². The van der Waals surface area contributed by atoms with Crippen LogP contribution in [0.4, 0.5) is 8.78 Å². The number of alkyl halides is 2. The number of hydrogen-bond donors (Lipinski definition) is 1. The number of hydrogen-bond acceptors (Lipinski definition) is 3. The lowest BCUT2D eigenvalue weighted by atomic mass is 9.84. The van der Waals surface area contributed by atoms with Crippen LogP contribution in [0, 0.1) is 6.92 Å². The Kier molecular flexibility index (Phi) is 3.43. The third-order valence-corrected chi connectivity index (χ3v) is 4.23. The lowest BCUT2D eigenvalue weighted by Crippen LogP contribution is -2.24. The van der Waals surface area contributed by atoms with E-state index in [9.17, 15) is 13.6 Å². The van der Waals surface area contributed by atoms with Crippen LogP contribution < -0.4 is 5.56 Å². The highest BCUT2D eigenvalue weighted by Crippen LogP contribution is 2.41. The van der Waals surface area contributed by atoms with Crippen molar-refractivity contribution in [2.75, 3.05) is 0 Å². The summed E-state index contributed by atoms with van der Waals surface area (Å²) in [6, 6.07) is 0. The fraction of sp³-hybridized carbons (Fsp3) is 0.500. The minimum absolute atomic E-state index is 0.113. The summed E-state index contributed by atoms with van der Waals surface area (Å²) in [5, 5.41) is 0.508. The average molecular weight is 314 g/mol. The van der Waals surface area contributed by atoms with Gasteiger partial charge in [0, 0.05) is 25.0 Å². The first-order chi connectivity index (χ1) is 9.87. The van der Waals surface area contributed by atoms with Gasteiger partial charge in [0.1, 0.15) is 11.3 Å². The number of pyridine rings is 1. The van der Waals surface area contributed by atoms with Gasteiger partial charge in [0.2, 0.25) is 5.92 Å². The summed E-state index contributed by atoms with van der Waals surface area (Å²) in [5.74, 6) is -2.25. The average Bonchev–Trinajstić information content (AvgIpc) is 2.39. The topological polar surface area (TPSA) is 58.6 Å². The minimum atomic E-state index is -2.60. The van der Waals surface area contributed by atoms with Gasteiger partial charge in [0.15, 0.2) is 0 Å². The molecule has 7 heteroatoms. The Labute approximate surface area is 124 Å². The van der Waals surface area contributed by atoms with Crippen LogP contribution in [0.15, 0.2) is 11.0 Å². The van der Waals surface area contributed by atoms with Crippen LogP contribution in [0.5, 0.6) is 0 Å². The Balaban J connectivity index is 2.12. The fourth-order valence-corrected chi connectivity index (χ4v) is 3.08. The van der Waals surface area contributed by atoms with Crippen molar-refractivity contribution < 1.29 is 8.78 Å². The molecule has 0 aromatic carbocycles. The van der Waals surface area contributed by atoms with Crippen molar-refractivity contribution in [3.05, 3.63) is 33.1 Å². The van der Waals surface area contributed by atoms with Gasteiger partial charge in [-0.2, -0.15) is 0 Å². The first-order valence-corrected chi connectivity index (χ1v) is 7.18. The number of fused-ring (bicyclic) bond motifs is 1. The van der Waals surface area contributed by atoms with Crippen LogP contribution in [0.2, 0.25) is 5.02 Å². The van der Waals surface area contributed by atoms with Gasteiger partial charge in [-0.3, -0.25) is 9.78 Å². The van der Waals surface area contributed by atoms with Gasteiger partial charge >= 0.3 is 0 Å².